The van der Waals surface area contributed by atoms with E-state index in [1.54, 1.807) is 0 Å². The standard InChI is InChI=1S/C22H31F3N2O2S.BrH/c23-21(24,25)10-4-11-27-12-8-16(9-13-27)18(15-27)26-20(28)22(29,17-5-1-2-6-17)19-7-3-14-30-19;/h3,7,14,16-18,29H,1-2,4-6,8-13,15H2;1H/t16?,18-,22+,27?;/m0./s1. The first-order valence-electron chi connectivity index (χ1n) is 11.2. The minimum atomic E-state index is -4.11. The van der Waals surface area contributed by atoms with E-state index in [0.717, 1.165) is 51.6 Å². The predicted octanol–water partition coefficient (Wildman–Crippen LogP) is 1.20. The maximum absolute atomic E-state index is 13.4. The number of piperidine rings is 3. The van der Waals surface area contributed by atoms with Crippen molar-refractivity contribution in [1.29, 1.82) is 0 Å². The summed E-state index contributed by atoms with van der Waals surface area (Å²) in [5, 5.41) is 16.7. The van der Waals surface area contributed by atoms with Crippen LogP contribution in [-0.2, 0) is 10.4 Å². The van der Waals surface area contributed by atoms with E-state index in [-0.39, 0.29) is 41.3 Å². The largest absolute Gasteiger partial charge is 1.00 e. The first kappa shape index (κ1) is 25.0. The lowest BCUT2D eigenvalue weighted by Gasteiger charge is -2.53. The van der Waals surface area contributed by atoms with E-state index >= 15 is 0 Å². The van der Waals surface area contributed by atoms with Gasteiger partial charge in [-0.3, -0.25) is 4.79 Å². The van der Waals surface area contributed by atoms with E-state index in [4.69, 9.17) is 0 Å². The normalized spacial score (nSPS) is 30.6. The van der Waals surface area contributed by atoms with Crippen molar-refractivity contribution in [2.24, 2.45) is 11.8 Å². The number of thiophene rings is 1. The van der Waals surface area contributed by atoms with Crippen LogP contribution in [-0.4, -0.2) is 53.9 Å². The van der Waals surface area contributed by atoms with E-state index in [1.807, 2.05) is 17.5 Å². The number of alkyl halides is 3. The zero-order valence-electron chi connectivity index (χ0n) is 17.7. The van der Waals surface area contributed by atoms with Crippen LogP contribution in [0.3, 0.4) is 0 Å². The van der Waals surface area contributed by atoms with Gasteiger partial charge >= 0.3 is 6.18 Å². The topological polar surface area (TPSA) is 49.3 Å². The molecule has 3 saturated heterocycles. The second-order valence-electron chi connectivity index (χ2n) is 9.56. The molecule has 9 heteroatoms. The number of quaternary nitrogens is 1. The molecule has 0 spiro atoms. The lowest BCUT2D eigenvalue weighted by Crippen LogP contribution is -3.00. The van der Waals surface area contributed by atoms with Gasteiger partial charge in [-0.05, 0) is 30.2 Å². The average molecular weight is 525 g/mol. The van der Waals surface area contributed by atoms with Gasteiger partial charge in [0.2, 0.25) is 0 Å². The number of halogens is 4. The molecule has 1 aliphatic carbocycles. The second kappa shape index (κ2) is 9.69. The van der Waals surface area contributed by atoms with Gasteiger partial charge in [0.15, 0.2) is 5.60 Å². The number of rotatable bonds is 7. The number of hydrogen-bond donors (Lipinski definition) is 2. The molecule has 5 rings (SSSR count). The fourth-order valence-electron chi connectivity index (χ4n) is 6.00. The molecule has 176 valence electrons. The third-order valence-electron chi connectivity index (χ3n) is 7.70. The van der Waals surface area contributed by atoms with Crippen molar-refractivity contribution in [3.05, 3.63) is 22.4 Å². The SMILES string of the molecule is O=C(N[C@H]1C[N+]2(CCCC(F)(F)F)CCC1CC2)[C@](O)(c1cccs1)C1CCCC1.[Br-]. The van der Waals surface area contributed by atoms with Crippen molar-refractivity contribution < 1.29 is 44.5 Å². The summed E-state index contributed by atoms with van der Waals surface area (Å²) < 4.78 is 38.5. The van der Waals surface area contributed by atoms with Gasteiger partial charge in [0, 0.05) is 36.5 Å². The lowest BCUT2D eigenvalue weighted by molar-refractivity contribution is -0.944. The van der Waals surface area contributed by atoms with Crippen molar-refractivity contribution in [2.45, 2.75) is 69.2 Å². The van der Waals surface area contributed by atoms with Gasteiger partial charge in [-0.15, -0.1) is 11.3 Å². The minimum absolute atomic E-state index is 0. The van der Waals surface area contributed by atoms with Crippen molar-refractivity contribution in [3.8, 4) is 0 Å². The number of hydrogen-bond acceptors (Lipinski definition) is 3. The Balaban J connectivity index is 0.00000272. The molecule has 4 nitrogen and oxygen atoms in total. The summed E-state index contributed by atoms with van der Waals surface area (Å²) in [5.41, 5.74) is -1.50. The maximum Gasteiger partial charge on any atom is 0.389 e. The van der Waals surface area contributed by atoms with Crippen LogP contribution in [0.5, 0.6) is 0 Å². The Morgan fingerprint density at radius 1 is 1.19 bits per heavy atom. The van der Waals surface area contributed by atoms with Crippen molar-refractivity contribution in [1.82, 2.24) is 5.32 Å². The summed E-state index contributed by atoms with van der Waals surface area (Å²) in [6, 6.07) is 3.63. The molecule has 0 unspecified atom stereocenters. The van der Waals surface area contributed by atoms with Crippen LogP contribution < -0.4 is 22.3 Å². The number of fused-ring (bicyclic) bond motifs is 3. The number of nitrogens with one attached hydrogen (secondary N) is 1. The molecule has 3 aliphatic heterocycles. The quantitative estimate of drug-likeness (QED) is 0.526. The summed E-state index contributed by atoms with van der Waals surface area (Å²) in [5.74, 6) is -0.0380. The second-order valence-corrected chi connectivity index (χ2v) is 10.5. The molecule has 1 aromatic heterocycles. The highest BCUT2D eigenvalue weighted by Crippen LogP contribution is 2.43. The van der Waals surface area contributed by atoms with E-state index in [9.17, 15) is 23.1 Å². The maximum atomic E-state index is 13.4. The number of carbonyl (C=O) groups is 1. The number of amides is 1. The van der Waals surface area contributed by atoms with Gasteiger partial charge in [0.05, 0.1) is 32.2 Å². The van der Waals surface area contributed by atoms with Gasteiger partial charge in [-0.25, -0.2) is 0 Å². The molecule has 1 aromatic rings. The van der Waals surface area contributed by atoms with Crippen molar-refractivity contribution in [2.75, 3.05) is 26.2 Å². The zero-order chi connectivity index (χ0) is 21.4. The molecule has 0 radical (unpaired) electrons. The molecule has 2 bridgehead atoms. The van der Waals surface area contributed by atoms with Crippen molar-refractivity contribution in [3.63, 3.8) is 0 Å². The van der Waals surface area contributed by atoms with Gasteiger partial charge < -0.3 is 31.9 Å². The highest BCUT2D eigenvalue weighted by atomic mass is 79.9. The Labute approximate surface area is 196 Å². The van der Waals surface area contributed by atoms with E-state index in [0.29, 0.717) is 28.4 Å². The fraction of sp³-hybridized carbons (Fsp3) is 0.773. The summed E-state index contributed by atoms with van der Waals surface area (Å²) >= 11 is 1.41. The van der Waals surface area contributed by atoms with Gasteiger partial charge in [0.25, 0.3) is 5.91 Å². The number of nitrogens with zero attached hydrogens (tertiary/aromatic N) is 1. The molecule has 4 aliphatic rings. The van der Waals surface area contributed by atoms with E-state index in [2.05, 4.69) is 5.32 Å². The van der Waals surface area contributed by atoms with E-state index in [1.165, 1.54) is 11.3 Å². The van der Waals surface area contributed by atoms with Crippen LogP contribution in [0.1, 0.15) is 56.2 Å². The van der Waals surface area contributed by atoms with Crippen LogP contribution in [0, 0.1) is 11.8 Å². The Morgan fingerprint density at radius 2 is 1.87 bits per heavy atom. The van der Waals surface area contributed by atoms with Crippen LogP contribution in [0.15, 0.2) is 17.5 Å². The Hall–Kier alpha value is -0.640. The first-order valence-corrected chi connectivity index (χ1v) is 12.1. The zero-order valence-corrected chi connectivity index (χ0v) is 20.1. The van der Waals surface area contributed by atoms with Gasteiger partial charge in [0.1, 0.15) is 0 Å². The monoisotopic (exact) mass is 524 g/mol. The summed E-state index contributed by atoms with van der Waals surface area (Å²) in [7, 11) is 0. The smallest absolute Gasteiger partial charge is 0.389 e. The molecular formula is C22H32BrF3N2O2S. The number of aliphatic hydroxyl groups is 1. The molecule has 2 atom stereocenters. The number of carbonyl (C=O) groups excluding carboxylic acids is 1. The van der Waals surface area contributed by atoms with Crippen molar-refractivity contribution >= 4 is 17.2 Å². The molecule has 4 heterocycles. The highest BCUT2D eigenvalue weighted by molar-refractivity contribution is 7.10. The average Bonchev–Trinajstić information content (AvgIpc) is 3.41. The molecule has 1 saturated carbocycles. The van der Waals surface area contributed by atoms with E-state index < -0.39 is 18.2 Å². The molecule has 31 heavy (non-hydrogen) atoms. The third-order valence-corrected chi connectivity index (χ3v) is 8.69. The highest BCUT2D eigenvalue weighted by Gasteiger charge is 2.51. The molecule has 0 aromatic carbocycles. The fourth-order valence-corrected chi connectivity index (χ4v) is 6.90. The Bertz CT molecular complexity index is 732. The van der Waals surface area contributed by atoms with Crippen LogP contribution in [0.2, 0.25) is 0 Å². The molecule has 1 amide bonds. The lowest BCUT2D eigenvalue weighted by atomic mass is 9.79. The van der Waals surface area contributed by atoms with Gasteiger partial charge in [-0.1, -0.05) is 18.9 Å². The predicted molar refractivity (Wildman–Crippen MR) is 110 cm³/mol. The summed E-state index contributed by atoms with van der Waals surface area (Å²) in [6.07, 6.45) is 0.867. The Morgan fingerprint density at radius 3 is 2.45 bits per heavy atom. The third kappa shape index (κ3) is 5.31. The van der Waals surface area contributed by atoms with Crippen LogP contribution in [0.4, 0.5) is 13.2 Å². The Kier molecular flexibility index (Phi) is 7.81. The summed E-state index contributed by atoms with van der Waals surface area (Å²) in [6.45, 7) is 2.98. The van der Waals surface area contributed by atoms with Crippen LogP contribution >= 0.6 is 11.3 Å². The summed E-state index contributed by atoms with van der Waals surface area (Å²) in [4.78, 5) is 14.1. The molecular weight excluding hydrogens is 493 g/mol. The molecule has 2 N–H and O–H groups in total. The van der Waals surface area contributed by atoms with Gasteiger partial charge in [-0.2, -0.15) is 13.2 Å². The minimum Gasteiger partial charge on any atom is -1.00 e. The molecule has 4 fully saturated rings. The first-order chi connectivity index (χ1) is 14.2. The van der Waals surface area contributed by atoms with Crippen LogP contribution in [0.25, 0.3) is 0 Å².